The third-order valence-electron chi connectivity index (χ3n) is 2.66. The topological polar surface area (TPSA) is 29.5 Å². The lowest BCUT2D eigenvalue weighted by Crippen LogP contribution is -2.40. The normalized spacial score (nSPS) is 13.8. The first-order chi connectivity index (χ1) is 7.45. The lowest BCUT2D eigenvalue weighted by molar-refractivity contribution is -0.0955. The molecule has 0 fully saturated rings. The summed E-state index contributed by atoms with van der Waals surface area (Å²) in [6.07, 6.45) is 0.119. The highest BCUT2D eigenvalue weighted by atomic mass is 79.9. The van der Waals surface area contributed by atoms with Crippen LogP contribution in [0.3, 0.4) is 0 Å². The second-order valence-corrected chi connectivity index (χ2v) is 5.30. The monoisotopic (exact) mass is 286 g/mol. The van der Waals surface area contributed by atoms with E-state index < -0.39 is 11.7 Å². The molecule has 1 aromatic carbocycles. The molecule has 0 saturated heterocycles. The third kappa shape index (κ3) is 3.89. The zero-order chi connectivity index (χ0) is 12.2. The van der Waals surface area contributed by atoms with Gasteiger partial charge in [-0.1, -0.05) is 28.1 Å². The summed E-state index contributed by atoms with van der Waals surface area (Å²) in [5, 5.41) is 10.1. The van der Waals surface area contributed by atoms with Crippen LogP contribution < -0.4 is 0 Å². The van der Waals surface area contributed by atoms with Crippen LogP contribution in [0.4, 0.5) is 0 Å². The summed E-state index contributed by atoms with van der Waals surface area (Å²) in [7, 11) is 0. The molecule has 1 rings (SSSR count). The quantitative estimate of drug-likeness (QED) is 0.901. The zero-order valence-electron chi connectivity index (χ0n) is 10.0. The van der Waals surface area contributed by atoms with Gasteiger partial charge in [0.05, 0.1) is 11.7 Å². The first kappa shape index (κ1) is 13.7. The number of benzene rings is 1. The van der Waals surface area contributed by atoms with Crippen molar-refractivity contribution in [2.75, 3.05) is 6.61 Å². The van der Waals surface area contributed by atoms with Crippen LogP contribution in [0.25, 0.3) is 0 Å². The van der Waals surface area contributed by atoms with Crippen LogP contribution in [0.1, 0.15) is 26.3 Å². The second-order valence-electron chi connectivity index (χ2n) is 4.38. The fraction of sp³-hybridized carbons (Fsp3) is 0.538. The van der Waals surface area contributed by atoms with Gasteiger partial charge in [0.2, 0.25) is 0 Å². The smallest absolute Gasteiger partial charge is 0.0887 e. The van der Waals surface area contributed by atoms with Crippen LogP contribution in [0.5, 0.6) is 0 Å². The lowest BCUT2D eigenvalue weighted by atomic mass is 9.95. The third-order valence-corrected chi connectivity index (χ3v) is 3.19. The molecule has 0 heterocycles. The molecule has 0 spiro atoms. The Bertz CT molecular complexity index is 319. The minimum absolute atomic E-state index is 0.492. The molecule has 0 aliphatic heterocycles. The maximum atomic E-state index is 10.1. The van der Waals surface area contributed by atoms with Gasteiger partial charge in [-0.3, -0.25) is 0 Å². The fourth-order valence-electron chi connectivity index (χ4n) is 1.56. The molecule has 0 aliphatic carbocycles. The molecular weight excluding hydrogens is 268 g/mol. The maximum absolute atomic E-state index is 10.1. The summed E-state index contributed by atoms with van der Waals surface area (Å²) in [5.41, 5.74) is 0.616. The molecule has 1 unspecified atom stereocenters. The predicted octanol–water partition coefficient (Wildman–Crippen LogP) is 3.17. The Morgan fingerprint density at radius 3 is 2.38 bits per heavy atom. The Labute approximate surface area is 106 Å². The van der Waals surface area contributed by atoms with E-state index in [1.54, 1.807) is 0 Å². The van der Waals surface area contributed by atoms with Gasteiger partial charge < -0.3 is 9.84 Å². The van der Waals surface area contributed by atoms with Crippen molar-refractivity contribution in [2.45, 2.75) is 38.9 Å². The largest absolute Gasteiger partial charge is 0.390 e. The fourth-order valence-corrected chi connectivity index (χ4v) is 1.82. The van der Waals surface area contributed by atoms with Crippen molar-refractivity contribution in [3.05, 3.63) is 34.3 Å². The van der Waals surface area contributed by atoms with E-state index in [2.05, 4.69) is 15.9 Å². The van der Waals surface area contributed by atoms with Gasteiger partial charge in [0, 0.05) is 17.5 Å². The van der Waals surface area contributed by atoms with Gasteiger partial charge in [0.15, 0.2) is 0 Å². The molecule has 0 amide bonds. The summed E-state index contributed by atoms with van der Waals surface area (Å²) in [6, 6.07) is 7.98. The molecule has 1 atom stereocenters. The average molecular weight is 287 g/mol. The molecule has 0 aromatic heterocycles. The van der Waals surface area contributed by atoms with Crippen molar-refractivity contribution in [1.82, 2.24) is 0 Å². The molecule has 1 aromatic rings. The molecule has 0 radical (unpaired) electrons. The van der Waals surface area contributed by atoms with Crippen molar-refractivity contribution in [2.24, 2.45) is 0 Å². The number of hydrogen-bond acceptors (Lipinski definition) is 2. The summed E-state index contributed by atoms with van der Waals surface area (Å²) in [5.74, 6) is 0. The van der Waals surface area contributed by atoms with E-state index in [1.807, 2.05) is 45.0 Å². The van der Waals surface area contributed by atoms with E-state index >= 15 is 0 Å². The van der Waals surface area contributed by atoms with E-state index in [0.717, 1.165) is 10.0 Å². The highest BCUT2D eigenvalue weighted by Crippen LogP contribution is 2.20. The van der Waals surface area contributed by atoms with Crippen molar-refractivity contribution < 1.29 is 9.84 Å². The van der Waals surface area contributed by atoms with Gasteiger partial charge in [0.25, 0.3) is 0 Å². The average Bonchev–Trinajstić information content (AvgIpc) is 2.21. The van der Waals surface area contributed by atoms with E-state index in [9.17, 15) is 5.11 Å². The van der Waals surface area contributed by atoms with Gasteiger partial charge in [-0.05, 0) is 38.5 Å². The first-order valence-electron chi connectivity index (χ1n) is 5.52. The lowest BCUT2D eigenvalue weighted by Gasteiger charge is -2.30. The molecule has 0 saturated carbocycles. The van der Waals surface area contributed by atoms with Gasteiger partial charge in [-0.25, -0.2) is 0 Å². The first-order valence-corrected chi connectivity index (χ1v) is 6.31. The second kappa shape index (κ2) is 5.80. The molecule has 16 heavy (non-hydrogen) atoms. The Morgan fingerprint density at radius 2 is 1.88 bits per heavy atom. The van der Waals surface area contributed by atoms with Gasteiger partial charge in [0.1, 0.15) is 0 Å². The number of ether oxygens (including phenoxy) is 1. The maximum Gasteiger partial charge on any atom is 0.0887 e. The standard InChI is InChI=1S/C13H19BrO2/c1-4-16-13(2,3)12(15)9-10-5-7-11(14)8-6-10/h5-8,12,15H,4,9H2,1-3H3. The highest BCUT2D eigenvalue weighted by molar-refractivity contribution is 9.10. The van der Waals surface area contributed by atoms with Crippen molar-refractivity contribution >= 4 is 15.9 Å². The molecule has 90 valence electrons. The van der Waals surface area contributed by atoms with Gasteiger partial charge in [-0.15, -0.1) is 0 Å². The van der Waals surface area contributed by atoms with Crippen LogP contribution in [0.2, 0.25) is 0 Å². The summed E-state index contributed by atoms with van der Waals surface area (Å²) in [6.45, 7) is 6.39. The number of rotatable bonds is 5. The van der Waals surface area contributed by atoms with Crippen molar-refractivity contribution in [1.29, 1.82) is 0 Å². The molecule has 1 N–H and O–H groups in total. The van der Waals surface area contributed by atoms with Crippen molar-refractivity contribution in [3.8, 4) is 0 Å². The van der Waals surface area contributed by atoms with E-state index in [4.69, 9.17) is 4.74 Å². The Balaban J connectivity index is 2.63. The number of aliphatic hydroxyl groups excluding tert-OH is 1. The number of halogens is 1. The molecule has 3 heteroatoms. The van der Waals surface area contributed by atoms with Crippen LogP contribution in [-0.2, 0) is 11.2 Å². The summed E-state index contributed by atoms with van der Waals surface area (Å²) >= 11 is 3.39. The molecule has 2 nitrogen and oxygen atoms in total. The SMILES string of the molecule is CCOC(C)(C)C(O)Cc1ccc(Br)cc1. The Hall–Kier alpha value is -0.380. The minimum atomic E-state index is -0.498. The summed E-state index contributed by atoms with van der Waals surface area (Å²) in [4.78, 5) is 0. The van der Waals surface area contributed by atoms with E-state index in [-0.39, 0.29) is 0 Å². The Kier molecular flexibility index (Phi) is 4.96. The van der Waals surface area contributed by atoms with Gasteiger partial charge >= 0.3 is 0 Å². The highest BCUT2D eigenvalue weighted by Gasteiger charge is 2.28. The zero-order valence-corrected chi connectivity index (χ0v) is 11.6. The van der Waals surface area contributed by atoms with Crippen LogP contribution in [-0.4, -0.2) is 23.4 Å². The molecular formula is C13H19BrO2. The molecule has 0 bridgehead atoms. The van der Waals surface area contributed by atoms with Crippen LogP contribution in [0.15, 0.2) is 28.7 Å². The van der Waals surface area contributed by atoms with Crippen LogP contribution in [0, 0.1) is 0 Å². The number of hydrogen-bond donors (Lipinski definition) is 1. The van der Waals surface area contributed by atoms with Crippen LogP contribution >= 0.6 is 15.9 Å². The summed E-state index contributed by atoms with van der Waals surface area (Å²) < 4.78 is 6.58. The number of aliphatic hydroxyl groups is 1. The van der Waals surface area contributed by atoms with Gasteiger partial charge in [-0.2, -0.15) is 0 Å². The Morgan fingerprint density at radius 1 is 1.31 bits per heavy atom. The predicted molar refractivity (Wildman–Crippen MR) is 69.6 cm³/mol. The van der Waals surface area contributed by atoms with E-state index in [1.165, 1.54) is 0 Å². The van der Waals surface area contributed by atoms with E-state index in [0.29, 0.717) is 13.0 Å². The van der Waals surface area contributed by atoms with Crippen molar-refractivity contribution in [3.63, 3.8) is 0 Å². The minimum Gasteiger partial charge on any atom is -0.390 e. The molecule has 0 aliphatic rings.